The summed E-state index contributed by atoms with van der Waals surface area (Å²) in [6.45, 7) is 2.53. The Bertz CT molecular complexity index is 304. The predicted molar refractivity (Wildman–Crippen MR) is 64.3 cm³/mol. The summed E-state index contributed by atoms with van der Waals surface area (Å²) in [6.07, 6.45) is 2.16. The topological polar surface area (TPSA) is 98.1 Å². The van der Waals surface area contributed by atoms with Gasteiger partial charge >= 0.3 is 11.9 Å². The van der Waals surface area contributed by atoms with Crippen LogP contribution >= 0.6 is 0 Å². The number of piperidine rings is 1. The number of nitrogens with zero attached hydrogens (tertiary/aromatic N) is 1. The quantitative estimate of drug-likeness (QED) is 0.476. The van der Waals surface area contributed by atoms with Gasteiger partial charge in [0.05, 0.1) is 6.10 Å². The van der Waals surface area contributed by atoms with Crippen LogP contribution in [0.4, 0.5) is 0 Å². The zero-order valence-corrected chi connectivity index (χ0v) is 10.6. The van der Waals surface area contributed by atoms with E-state index in [1.54, 1.807) is 0 Å². The molecule has 0 aromatic rings. The number of rotatable bonds is 6. The van der Waals surface area contributed by atoms with Crippen LogP contribution in [0.25, 0.3) is 0 Å². The van der Waals surface area contributed by atoms with E-state index in [0.29, 0.717) is 6.54 Å². The minimum absolute atomic E-state index is 0.0506. The van der Waals surface area contributed by atoms with Gasteiger partial charge in [0.15, 0.2) is 0 Å². The molecule has 1 aliphatic rings. The molecule has 0 saturated carbocycles. The molecule has 0 amide bonds. The lowest BCUT2D eigenvalue weighted by molar-refractivity contribution is -0.173. The Hall–Kier alpha value is -1.14. The largest absolute Gasteiger partial charge is 0.479 e. The molecule has 1 saturated heterocycles. The zero-order valence-electron chi connectivity index (χ0n) is 10.6. The van der Waals surface area contributed by atoms with Crippen LogP contribution in [0.2, 0.25) is 0 Å². The van der Waals surface area contributed by atoms with Gasteiger partial charge in [-0.25, -0.2) is 9.59 Å². The van der Waals surface area contributed by atoms with E-state index in [1.165, 1.54) is 4.90 Å². The molecule has 1 atom stereocenters. The van der Waals surface area contributed by atoms with Crippen LogP contribution in [0.3, 0.4) is 0 Å². The summed E-state index contributed by atoms with van der Waals surface area (Å²) in [7, 11) is 0. The fraction of sp³-hybridized carbons (Fsp3) is 0.833. The molecule has 6 nitrogen and oxygen atoms in total. The van der Waals surface area contributed by atoms with E-state index in [9.17, 15) is 24.9 Å². The smallest absolute Gasteiger partial charge is 0.335 e. The van der Waals surface area contributed by atoms with Crippen LogP contribution in [0.1, 0.15) is 39.0 Å². The Morgan fingerprint density at radius 2 is 1.89 bits per heavy atom. The van der Waals surface area contributed by atoms with Crippen molar-refractivity contribution in [2.45, 2.75) is 50.7 Å². The molecule has 0 aliphatic carbocycles. The predicted octanol–water partition coefficient (Wildman–Crippen LogP) is 0.541. The molecular formula is C12H21NO5. The summed E-state index contributed by atoms with van der Waals surface area (Å²) in [5.74, 6) is -2.67. The van der Waals surface area contributed by atoms with E-state index in [4.69, 9.17) is 0 Å². The number of β-amino-alcohol motifs (C(OH)–C–C–N with tert-alkyl or cyclic N) is 1. The van der Waals surface area contributed by atoms with Crippen LogP contribution in [0, 0.1) is 0 Å². The van der Waals surface area contributed by atoms with Gasteiger partial charge in [0.1, 0.15) is 0 Å². The molecule has 1 aliphatic heterocycles. The van der Waals surface area contributed by atoms with Gasteiger partial charge in [-0.1, -0.05) is 19.8 Å². The van der Waals surface area contributed by atoms with E-state index >= 15 is 0 Å². The number of carbonyl (C=O) groups is 2. The number of carboxylic acid groups (broad SMARTS) is 2. The standard InChI is InChI=1S/C12H21NO5/c1-2-3-4-7-13-8-9(14)5-6-12(13,10(15)16)11(17)18/h9,14H,2-8H2,1H3,(H,15,16)(H,17,18). The highest BCUT2D eigenvalue weighted by Gasteiger charge is 2.53. The van der Waals surface area contributed by atoms with E-state index in [0.717, 1.165) is 19.3 Å². The van der Waals surface area contributed by atoms with E-state index in [1.807, 2.05) is 6.92 Å². The minimum atomic E-state index is -1.87. The normalized spacial score (nSPS) is 23.8. The summed E-state index contributed by atoms with van der Waals surface area (Å²) in [5.41, 5.74) is -1.87. The number of aliphatic hydroxyl groups excluding tert-OH is 1. The Morgan fingerprint density at radius 1 is 1.28 bits per heavy atom. The second-order valence-corrected chi connectivity index (χ2v) is 4.82. The van der Waals surface area contributed by atoms with Gasteiger partial charge in [0, 0.05) is 6.54 Å². The van der Waals surface area contributed by atoms with E-state index in [-0.39, 0.29) is 19.4 Å². The third-order valence-electron chi connectivity index (χ3n) is 3.55. The number of hydrogen-bond acceptors (Lipinski definition) is 4. The molecule has 0 bridgehead atoms. The monoisotopic (exact) mass is 259 g/mol. The maximum Gasteiger partial charge on any atom is 0.335 e. The van der Waals surface area contributed by atoms with Gasteiger partial charge in [0.2, 0.25) is 5.54 Å². The molecule has 0 spiro atoms. The van der Waals surface area contributed by atoms with Gasteiger partial charge in [-0.3, -0.25) is 4.90 Å². The summed E-state index contributed by atoms with van der Waals surface area (Å²) >= 11 is 0. The molecule has 18 heavy (non-hydrogen) atoms. The van der Waals surface area contributed by atoms with Crippen molar-refractivity contribution in [3.05, 3.63) is 0 Å². The lowest BCUT2D eigenvalue weighted by Crippen LogP contribution is -2.64. The van der Waals surface area contributed by atoms with Crippen molar-refractivity contribution in [3.63, 3.8) is 0 Å². The van der Waals surface area contributed by atoms with Crippen molar-refractivity contribution >= 4 is 11.9 Å². The van der Waals surface area contributed by atoms with E-state index in [2.05, 4.69) is 0 Å². The van der Waals surface area contributed by atoms with Gasteiger partial charge in [-0.05, 0) is 25.8 Å². The van der Waals surface area contributed by atoms with Crippen molar-refractivity contribution in [3.8, 4) is 0 Å². The lowest BCUT2D eigenvalue weighted by atomic mass is 9.85. The van der Waals surface area contributed by atoms with Crippen LogP contribution in [-0.4, -0.2) is 56.9 Å². The number of carboxylic acids is 2. The third-order valence-corrected chi connectivity index (χ3v) is 3.55. The molecule has 3 N–H and O–H groups in total. The van der Waals surface area contributed by atoms with Crippen molar-refractivity contribution in [2.75, 3.05) is 13.1 Å². The zero-order chi connectivity index (χ0) is 13.8. The molecule has 104 valence electrons. The van der Waals surface area contributed by atoms with Gasteiger partial charge < -0.3 is 15.3 Å². The summed E-state index contributed by atoms with van der Waals surface area (Å²) < 4.78 is 0. The lowest BCUT2D eigenvalue weighted by Gasteiger charge is -2.42. The first-order chi connectivity index (χ1) is 8.45. The summed E-state index contributed by atoms with van der Waals surface area (Å²) in [5, 5.41) is 28.1. The number of aliphatic hydroxyl groups is 1. The first-order valence-electron chi connectivity index (χ1n) is 6.35. The fourth-order valence-electron chi connectivity index (χ4n) is 2.45. The number of likely N-dealkylation sites (tertiary alicyclic amines) is 1. The molecule has 1 rings (SSSR count). The second kappa shape index (κ2) is 6.15. The average molecular weight is 259 g/mol. The van der Waals surface area contributed by atoms with Crippen LogP contribution in [0.5, 0.6) is 0 Å². The van der Waals surface area contributed by atoms with Crippen molar-refractivity contribution in [1.82, 2.24) is 4.90 Å². The third kappa shape index (κ3) is 2.81. The van der Waals surface area contributed by atoms with Gasteiger partial charge in [0.25, 0.3) is 0 Å². The Labute approximate surface area is 106 Å². The average Bonchev–Trinajstić information content (AvgIpc) is 2.29. The second-order valence-electron chi connectivity index (χ2n) is 4.82. The summed E-state index contributed by atoms with van der Waals surface area (Å²) in [6, 6.07) is 0. The molecule has 1 fully saturated rings. The van der Waals surface area contributed by atoms with Crippen LogP contribution in [-0.2, 0) is 9.59 Å². The first-order valence-corrected chi connectivity index (χ1v) is 6.35. The highest BCUT2D eigenvalue weighted by Crippen LogP contribution is 2.29. The maximum absolute atomic E-state index is 11.4. The Morgan fingerprint density at radius 3 is 2.39 bits per heavy atom. The van der Waals surface area contributed by atoms with Crippen molar-refractivity contribution < 1.29 is 24.9 Å². The molecule has 1 heterocycles. The molecule has 6 heteroatoms. The minimum Gasteiger partial charge on any atom is -0.479 e. The van der Waals surface area contributed by atoms with Crippen molar-refractivity contribution in [2.24, 2.45) is 0 Å². The number of aliphatic carboxylic acids is 2. The molecular weight excluding hydrogens is 238 g/mol. The van der Waals surface area contributed by atoms with Crippen LogP contribution < -0.4 is 0 Å². The number of unbranched alkanes of at least 4 members (excludes halogenated alkanes) is 2. The molecule has 0 aromatic heterocycles. The highest BCUT2D eigenvalue weighted by molar-refractivity contribution is 6.03. The van der Waals surface area contributed by atoms with Gasteiger partial charge in [-0.2, -0.15) is 0 Å². The van der Waals surface area contributed by atoms with E-state index < -0.39 is 23.6 Å². The fourth-order valence-corrected chi connectivity index (χ4v) is 2.45. The SMILES string of the molecule is CCCCCN1CC(O)CCC1(C(=O)O)C(=O)O. The van der Waals surface area contributed by atoms with Gasteiger partial charge in [-0.15, -0.1) is 0 Å². The highest BCUT2D eigenvalue weighted by atomic mass is 16.4. The molecule has 0 aromatic carbocycles. The molecule has 1 unspecified atom stereocenters. The van der Waals surface area contributed by atoms with Crippen molar-refractivity contribution in [1.29, 1.82) is 0 Å². The number of hydrogen-bond donors (Lipinski definition) is 3. The first kappa shape index (κ1) is 14.9. The molecule has 0 radical (unpaired) electrons. The Balaban J connectivity index is 2.88. The summed E-state index contributed by atoms with van der Waals surface area (Å²) in [4.78, 5) is 24.1. The maximum atomic E-state index is 11.4. The Kier molecular flexibility index (Phi) is 5.10. The van der Waals surface area contributed by atoms with Crippen LogP contribution in [0.15, 0.2) is 0 Å².